The van der Waals surface area contributed by atoms with Crippen LogP contribution in [0.25, 0.3) is 5.65 Å². The molecule has 1 atom stereocenters. The number of aromatic nitrogens is 4. The van der Waals surface area contributed by atoms with Crippen molar-refractivity contribution < 1.29 is 4.74 Å². The lowest BCUT2D eigenvalue weighted by Crippen LogP contribution is -2.06. The van der Waals surface area contributed by atoms with Gasteiger partial charge in [-0.3, -0.25) is 0 Å². The van der Waals surface area contributed by atoms with Crippen molar-refractivity contribution in [1.82, 2.24) is 19.8 Å². The van der Waals surface area contributed by atoms with E-state index >= 15 is 0 Å². The Morgan fingerprint density at radius 2 is 2.33 bits per heavy atom. The highest BCUT2D eigenvalue weighted by Gasteiger charge is 2.23. The van der Waals surface area contributed by atoms with Crippen LogP contribution in [-0.2, 0) is 4.74 Å². The zero-order valence-corrected chi connectivity index (χ0v) is 8.68. The maximum atomic E-state index is 5.84. The maximum Gasteiger partial charge on any atom is 0.178 e. The molecule has 0 saturated carbocycles. The summed E-state index contributed by atoms with van der Waals surface area (Å²) in [7, 11) is 0. The van der Waals surface area contributed by atoms with Gasteiger partial charge < -0.3 is 4.74 Å². The first-order chi connectivity index (χ1) is 7.34. The van der Waals surface area contributed by atoms with Crippen molar-refractivity contribution in [1.29, 1.82) is 0 Å². The van der Waals surface area contributed by atoms with Crippen LogP contribution >= 0.6 is 11.6 Å². The Balaban J connectivity index is 2.13. The van der Waals surface area contributed by atoms with E-state index in [4.69, 9.17) is 16.3 Å². The fourth-order valence-electron chi connectivity index (χ4n) is 1.78. The maximum absolute atomic E-state index is 5.84. The van der Waals surface area contributed by atoms with Crippen LogP contribution in [0.15, 0.2) is 12.1 Å². The molecule has 6 heteroatoms. The van der Waals surface area contributed by atoms with Gasteiger partial charge in [0.25, 0.3) is 0 Å². The summed E-state index contributed by atoms with van der Waals surface area (Å²) in [4.78, 5) is 0. The van der Waals surface area contributed by atoms with E-state index in [-0.39, 0.29) is 5.92 Å². The van der Waals surface area contributed by atoms with Crippen molar-refractivity contribution in [3.63, 3.8) is 0 Å². The number of ether oxygens (including phenoxy) is 1. The zero-order valence-electron chi connectivity index (χ0n) is 7.93. The third-order valence-electron chi connectivity index (χ3n) is 2.55. The number of fused-ring (bicyclic) bond motifs is 1. The van der Waals surface area contributed by atoms with Gasteiger partial charge >= 0.3 is 0 Å². The van der Waals surface area contributed by atoms with Crippen molar-refractivity contribution in [3.05, 3.63) is 23.1 Å². The first-order valence-electron chi connectivity index (χ1n) is 4.80. The lowest BCUT2D eigenvalue weighted by atomic mass is 10.1. The van der Waals surface area contributed by atoms with Gasteiger partial charge in [-0.25, -0.2) is 0 Å². The molecule has 3 rings (SSSR count). The van der Waals surface area contributed by atoms with Crippen LogP contribution in [-0.4, -0.2) is 33.0 Å². The summed E-state index contributed by atoms with van der Waals surface area (Å²) in [6.45, 7) is 1.47. The summed E-state index contributed by atoms with van der Waals surface area (Å²) in [5, 5.41) is 12.8. The monoisotopic (exact) mass is 224 g/mol. The summed E-state index contributed by atoms with van der Waals surface area (Å²) in [6.07, 6.45) is 0.967. The summed E-state index contributed by atoms with van der Waals surface area (Å²) in [6, 6.07) is 3.52. The average Bonchev–Trinajstić information content (AvgIpc) is 2.83. The first kappa shape index (κ1) is 9.06. The molecule has 1 saturated heterocycles. The smallest absolute Gasteiger partial charge is 0.178 e. The molecule has 1 aliphatic rings. The highest BCUT2D eigenvalue weighted by molar-refractivity contribution is 6.29. The molecule has 78 valence electrons. The minimum absolute atomic E-state index is 0.283. The molecule has 2 aromatic rings. The molecule has 0 spiro atoms. The van der Waals surface area contributed by atoms with Crippen LogP contribution in [0.5, 0.6) is 0 Å². The Morgan fingerprint density at radius 1 is 1.40 bits per heavy atom. The van der Waals surface area contributed by atoms with Crippen LogP contribution in [0.4, 0.5) is 0 Å². The lowest BCUT2D eigenvalue weighted by molar-refractivity contribution is 0.193. The molecule has 0 radical (unpaired) electrons. The van der Waals surface area contributed by atoms with E-state index in [1.807, 2.05) is 6.07 Å². The van der Waals surface area contributed by atoms with Crippen molar-refractivity contribution in [3.8, 4) is 0 Å². The van der Waals surface area contributed by atoms with Crippen LogP contribution < -0.4 is 0 Å². The molecule has 3 heterocycles. The highest BCUT2D eigenvalue weighted by Crippen LogP contribution is 2.23. The van der Waals surface area contributed by atoms with Crippen molar-refractivity contribution in [2.75, 3.05) is 13.2 Å². The Kier molecular flexibility index (Phi) is 2.07. The second-order valence-electron chi connectivity index (χ2n) is 3.54. The molecule has 0 aromatic carbocycles. The minimum atomic E-state index is 0.283. The van der Waals surface area contributed by atoms with Crippen LogP contribution in [0, 0.1) is 0 Å². The Bertz CT molecular complexity index is 492. The summed E-state index contributed by atoms with van der Waals surface area (Å²) >= 11 is 5.84. The van der Waals surface area contributed by atoms with Gasteiger partial charge in [0.15, 0.2) is 11.5 Å². The van der Waals surface area contributed by atoms with E-state index in [1.165, 1.54) is 0 Å². The number of hydrogen-bond acceptors (Lipinski definition) is 4. The van der Waals surface area contributed by atoms with Gasteiger partial charge in [0.1, 0.15) is 5.15 Å². The summed E-state index contributed by atoms with van der Waals surface area (Å²) in [5.41, 5.74) is 0.723. The average molecular weight is 225 g/mol. The quantitative estimate of drug-likeness (QED) is 0.732. The minimum Gasteiger partial charge on any atom is -0.381 e. The van der Waals surface area contributed by atoms with Crippen LogP contribution in [0.1, 0.15) is 18.2 Å². The van der Waals surface area contributed by atoms with E-state index < -0.39 is 0 Å². The fourth-order valence-corrected chi connectivity index (χ4v) is 1.91. The van der Waals surface area contributed by atoms with Gasteiger partial charge in [-0.2, -0.15) is 9.61 Å². The molecule has 1 fully saturated rings. The number of rotatable bonds is 1. The van der Waals surface area contributed by atoms with Crippen molar-refractivity contribution in [2.45, 2.75) is 12.3 Å². The van der Waals surface area contributed by atoms with E-state index in [0.717, 1.165) is 24.5 Å². The predicted molar refractivity (Wildman–Crippen MR) is 54.0 cm³/mol. The number of halogens is 1. The lowest BCUT2D eigenvalue weighted by Gasteiger charge is -2.03. The Hall–Kier alpha value is -1.20. The summed E-state index contributed by atoms with van der Waals surface area (Å²) in [5.74, 6) is 1.12. The molecular weight excluding hydrogens is 216 g/mol. The molecule has 0 aliphatic carbocycles. The summed E-state index contributed by atoms with van der Waals surface area (Å²) < 4.78 is 7.01. The molecule has 2 aromatic heterocycles. The van der Waals surface area contributed by atoms with Gasteiger partial charge in [0.05, 0.1) is 6.61 Å². The molecular formula is C9H9ClN4O. The molecule has 0 amide bonds. The Morgan fingerprint density at radius 3 is 3.13 bits per heavy atom. The van der Waals surface area contributed by atoms with Crippen LogP contribution in [0.2, 0.25) is 5.15 Å². The van der Waals surface area contributed by atoms with E-state index in [1.54, 1.807) is 10.6 Å². The molecule has 1 aliphatic heterocycles. The standard InChI is InChI=1S/C9H9ClN4O/c10-7-1-2-8-11-12-9(14(8)13-7)6-3-4-15-5-6/h1-2,6H,3-5H2. The SMILES string of the molecule is Clc1ccc2nnc(C3CCOC3)n2n1. The molecule has 1 unspecified atom stereocenters. The molecule has 5 nitrogen and oxygen atoms in total. The topological polar surface area (TPSA) is 52.3 Å². The molecule has 15 heavy (non-hydrogen) atoms. The Labute approximate surface area is 91.0 Å². The number of hydrogen-bond donors (Lipinski definition) is 0. The second-order valence-corrected chi connectivity index (χ2v) is 3.93. The van der Waals surface area contributed by atoms with E-state index in [9.17, 15) is 0 Å². The van der Waals surface area contributed by atoms with Gasteiger partial charge in [-0.1, -0.05) is 11.6 Å². The largest absolute Gasteiger partial charge is 0.381 e. The van der Waals surface area contributed by atoms with Crippen LogP contribution in [0.3, 0.4) is 0 Å². The third-order valence-corrected chi connectivity index (χ3v) is 2.75. The van der Waals surface area contributed by atoms with Gasteiger partial charge in [-0.05, 0) is 18.6 Å². The first-order valence-corrected chi connectivity index (χ1v) is 5.18. The highest BCUT2D eigenvalue weighted by atomic mass is 35.5. The molecule has 0 N–H and O–H groups in total. The van der Waals surface area contributed by atoms with Gasteiger partial charge in [0, 0.05) is 12.5 Å². The van der Waals surface area contributed by atoms with Crippen molar-refractivity contribution >= 4 is 17.2 Å². The normalized spacial score (nSPS) is 21.3. The van der Waals surface area contributed by atoms with Gasteiger partial charge in [-0.15, -0.1) is 10.2 Å². The van der Waals surface area contributed by atoms with Crippen molar-refractivity contribution in [2.24, 2.45) is 0 Å². The van der Waals surface area contributed by atoms with Gasteiger partial charge in [0.2, 0.25) is 0 Å². The van der Waals surface area contributed by atoms with E-state index in [2.05, 4.69) is 15.3 Å². The predicted octanol–water partition coefficient (Wildman–Crippen LogP) is 1.28. The zero-order chi connectivity index (χ0) is 10.3. The number of nitrogens with zero attached hydrogens (tertiary/aromatic N) is 4. The molecule has 0 bridgehead atoms. The fraction of sp³-hybridized carbons (Fsp3) is 0.444. The second kappa shape index (κ2) is 3.43. The third kappa shape index (κ3) is 1.48. The van der Waals surface area contributed by atoms with E-state index in [0.29, 0.717) is 11.8 Å².